The third-order valence-electron chi connectivity index (χ3n) is 9.76. The number of aryl methyl sites for hydroxylation is 2. The maximum Gasteiger partial charge on any atom is 0.137 e. The Morgan fingerprint density at radius 1 is 0.750 bits per heavy atom. The smallest absolute Gasteiger partial charge is 0.137 e. The molecule has 6 aromatic rings. The van der Waals surface area contributed by atoms with Gasteiger partial charge in [0, 0.05) is 29.7 Å². The Bertz CT molecular complexity index is 2080. The molecule has 1 aliphatic heterocycles. The Hall–Kier alpha value is -2.83. The van der Waals surface area contributed by atoms with Crippen LogP contribution in [-0.4, -0.2) is 52.9 Å². The minimum atomic E-state index is -1.58. The number of epoxide rings is 1. The summed E-state index contributed by atoms with van der Waals surface area (Å²) < 4.78 is 48.8. The summed E-state index contributed by atoms with van der Waals surface area (Å²) in [5.41, 5.74) is -0.951. The van der Waals surface area contributed by atoms with E-state index in [2.05, 4.69) is 65.2 Å². The quantitative estimate of drug-likeness (QED) is 0.103. The molecule has 4 aromatic carbocycles. The molecule has 16 heteroatoms. The van der Waals surface area contributed by atoms with Gasteiger partial charge >= 0.3 is 49.4 Å². The average Bonchev–Trinajstić information content (AvgIpc) is 4.29. The van der Waals surface area contributed by atoms with Crippen LogP contribution in [0.4, 0.5) is 8.78 Å². The van der Waals surface area contributed by atoms with Gasteiger partial charge in [-0.1, -0.05) is 116 Å². The van der Waals surface area contributed by atoms with Gasteiger partial charge in [0.05, 0.1) is 13.2 Å². The number of hydrogen-bond donors (Lipinski definition) is 2. The van der Waals surface area contributed by atoms with E-state index in [4.69, 9.17) is 14.2 Å². The van der Waals surface area contributed by atoms with Crippen LogP contribution in [0, 0.1) is 25.5 Å². The predicted octanol–water partition coefficient (Wildman–Crippen LogP) is 12.9. The van der Waals surface area contributed by atoms with E-state index in [1.807, 2.05) is 142 Å². The van der Waals surface area contributed by atoms with Gasteiger partial charge in [0.2, 0.25) is 0 Å². The Morgan fingerprint density at radius 3 is 1.66 bits per heavy atom. The third kappa shape index (κ3) is 16.2. The number of aromatic nitrogens is 6. The number of nitrogens with one attached hydrogen (secondary N) is 1. The minimum absolute atomic E-state index is 0. The zero-order chi connectivity index (χ0) is 46.9. The average molecular weight is 1180 g/mol. The zero-order valence-corrected chi connectivity index (χ0v) is 45.7. The van der Waals surface area contributed by atoms with Crippen molar-refractivity contribution in [3.63, 3.8) is 0 Å². The van der Waals surface area contributed by atoms with Gasteiger partial charge in [-0.2, -0.15) is 10.2 Å². The van der Waals surface area contributed by atoms with Crippen molar-refractivity contribution in [3.05, 3.63) is 156 Å². The standard InChI is InChI=1S/C20H20FN3O2.C18H17FO2.C2H3N3.4C2H6.2HI.2V/c1-15-7-8-17(18(21)11-15)20(25,12-24-14-22-13-23-24)19(9-10-19)26-16-5-3-2-4-6-16;1-13-7-8-15(16(19)11-13)18(12-20-18)17(9-10-17)21-14-5-3-2-4-6-14;1-3-2-5-4-1;4*1-2;;;;/h2-8,11,13-14,25H,9-10,12H2,1H3;2-8,11H,9-10,12H2,1H3;1-2H,(H,3,4,5);4*1-2H3;2*1H;;/q;;;;;;;;;;+2/p-2. The van der Waals surface area contributed by atoms with Crippen LogP contribution in [-0.2, 0) is 50.5 Å². The van der Waals surface area contributed by atoms with Crippen molar-refractivity contribution >= 4 is 40.0 Å². The van der Waals surface area contributed by atoms with E-state index in [1.54, 1.807) is 18.2 Å². The van der Waals surface area contributed by atoms with Crippen molar-refractivity contribution in [3.8, 4) is 11.5 Å². The molecule has 10 nitrogen and oxygen atoms in total. The zero-order valence-electron chi connectivity index (χ0n) is 38.6. The summed E-state index contributed by atoms with van der Waals surface area (Å²) in [6.45, 7) is 20.3. The third-order valence-corrected chi connectivity index (χ3v) is 9.76. The molecule has 0 spiro atoms. The Morgan fingerprint density at radius 2 is 1.27 bits per heavy atom. The van der Waals surface area contributed by atoms with Crippen LogP contribution >= 0.6 is 40.0 Å². The van der Waals surface area contributed by atoms with Crippen molar-refractivity contribution in [2.24, 2.45) is 0 Å². The molecule has 2 saturated carbocycles. The van der Waals surface area contributed by atoms with Crippen LogP contribution in [0.25, 0.3) is 0 Å². The summed E-state index contributed by atoms with van der Waals surface area (Å²) in [5, 5.41) is 21.8. The molecule has 3 fully saturated rings. The summed E-state index contributed by atoms with van der Waals surface area (Å²) in [5.74, 6) is 0.818. The normalized spacial score (nSPS) is 16.7. The molecular formula is C48H64F2I2N6O4V2. The number of nitrogens with zero attached hydrogens (tertiary/aromatic N) is 5. The van der Waals surface area contributed by atoms with Gasteiger partial charge in [-0.3, -0.25) is 5.10 Å². The second-order valence-corrected chi connectivity index (χ2v) is 25.4. The Labute approximate surface area is 420 Å². The molecule has 0 amide bonds. The number of para-hydroxylation sites is 2. The van der Waals surface area contributed by atoms with E-state index in [1.165, 1.54) is 36.1 Å². The van der Waals surface area contributed by atoms with Crippen molar-refractivity contribution in [1.29, 1.82) is 0 Å². The molecule has 9 rings (SSSR count). The van der Waals surface area contributed by atoms with Crippen molar-refractivity contribution in [2.75, 3.05) is 6.61 Å². The summed E-state index contributed by atoms with van der Waals surface area (Å²) in [4.78, 5) is 7.48. The van der Waals surface area contributed by atoms with E-state index >= 15 is 0 Å². The van der Waals surface area contributed by atoms with Crippen LogP contribution in [0.5, 0.6) is 11.5 Å². The van der Waals surface area contributed by atoms with Gasteiger partial charge in [0.25, 0.3) is 0 Å². The second-order valence-electron chi connectivity index (χ2n) is 13.6. The number of halogens is 4. The van der Waals surface area contributed by atoms with E-state index in [0.717, 1.165) is 29.7 Å². The predicted molar refractivity (Wildman–Crippen MR) is 262 cm³/mol. The number of aromatic amines is 1. The fraction of sp³-hybridized carbons (Fsp3) is 0.417. The minimum Gasteiger partial charge on any atom is -0.266 e. The molecule has 0 bridgehead atoms. The summed E-state index contributed by atoms with van der Waals surface area (Å²) in [6, 6.07) is 29.2. The number of benzene rings is 4. The molecule has 2 aliphatic carbocycles. The van der Waals surface area contributed by atoms with E-state index in [0.29, 0.717) is 40.2 Å². The van der Waals surface area contributed by atoms with E-state index in [-0.39, 0.29) is 36.5 Å². The van der Waals surface area contributed by atoms with Crippen LogP contribution < -0.4 is 9.47 Å². The first-order chi connectivity index (χ1) is 30.6. The van der Waals surface area contributed by atoms with Crippen LogP contribution in [0.15, 0.2) is 122 Å². The monoisotopic (exact) mass is 1180 g/mol. The topological polar surface area (TPSA) is 124 Å². The molecule has 64 heavy (non-hydrogen) atoms. The SMILES string of the molecule is CC.CC.CC.CC.Cc1ccc(C(O)(Cn2cncn2)C2(Oc3ccccc3)CC2)c(F)c1.Cc1ccc(C2(C3(Oc4ccccc4)CC3)CO2)c(F)c1.[I][V][I].[V].c1nc[nH]n1. The largest absolute Gasteiger partial charge is 0.266 e. The molecule has 3 aliphatic rings. The van der Waals surface area contributed by atoms with Crippen molar-refractivity contribution in [2.45, 2.75) is 124 Å². The van der Waals surface area contributed by atoms with Crippen molar-refractivity contribution in [1.82, 2.24) is 29.9 Å². The fourth-order valence-electron chi connectivity index (χ4n) is 6.67. The first kappa shape index (κ1) is 59.2. The van der Waals surface area contributed by atoms with E-state index in [9.17, 15) is 13.9 Å². The maximum absolute atomic E-state index is 14.8. The van der Waals surface area contributed by atoms with Crippen molar-refractivity contribution < 1.29 is 56.1 Å². The number of H-pyrrole nitrogens is 1. The maximum atomic E-state index is 14.8. The van der Waals surface area contributed by atoms with Gasteiger partial charge in [-0.25, -0.2) is 23.4 Å². The number of rotatable bonds is 10. The summed E-state index contributed by atoms with van der Waals surface area (Å²) >= 11 is 4.74. The Balaban J connectivity index is 0.000000481. The molecule has 2 unspecified atom stereocenters. The van der Waals surface area contributed by atoms with E-state index < -0.39 is 28.2 Å². The molecule has 2 aromatic heterocycles. The first-order valence-electron chi connectivity index (χ1n) is 21.5. The first-order valence-corrected chi connectivity index (χ1v) is 30.5. The van der Waals surface area contributed by atoms with Crippen LogP contribution in [0.1, 0.15) is 103 Å². The second kappa shape index (κ2) is 30.5. The van der Waals surface area contributed by atoms with Gasteiger partial charge in [0.15, 0.2) is 11.2 Å². The molecule has 3 heterocycles. The number of ether oxygens (including phenoxy) is 3. The van der Waals surface area contributed by atoms with Crippen LogP contribution in [0.2, 0.25) is 0 Å². The van der Waals surface area contributed by atoms with Gasteiger partial charge in [-0.15, -0.1) is 0 Å². The molecule has 2 N–H and O–H groups in total. The van der Waals surface area contributed by atoms with Gasteiger partial charge in [0.1, 0.15) is 59.6 Å². The summed E-state index contributed by atoms with van der Waals surface area (Å²) in [6.07, 6.45) is 8.91. The molecule has 1 saturated heterocycles. The fourth-order valence-corrected chi connectivity index (χ4v) is 6.67. The molecule has 1 radical (unpaired) electrons. The van der Waals surface area contributed by atoms with Gasteiger partial charge < -0.3 is 19.3 Å². The number of aliphatic hydroxyl groups is 1. The summed E-state index contributed by atoms with van der Waals surface area (Å²) in [7, 11) is 0.628. The van der Waals surface area contributed by atoms with Gasteiger partial charge in [-0.05, 0) is 87.1 Å². The number of hydrogen-bond acceptors (Lipinski definition) is 8. The van der Waals surface area contributed by atoms with Crippen LogP contribution in [0.3, 0.4) is 0 Å². The molecule has 348 valence electrons. The molecular weight excluding hydrogens is 1120 g/mol. The Kier molecular flexibility index (Phi) is 28.2. The molecule has 2 atom stereocenters.